The van der Waals surface area contributed by atoms with E-state index in [0.717, 1.165) is 100 Å². The SMILES string of the molecule is CNc1ncc(-c2c(C)noc2C)cc1N.CNc1ncc(-c2c(C)noc2C)cc1[N+](=O)[O-].CNc1ncc(Br)cc1[N+](=O)[O-].Cc1noc(C)c1B1OC(C)(C)C(C)(C)O1.[C-]#[N+]c1ccc(C)c(Br)c1.[C-]#[N+]c1ccc(C)c(Nc2cc(-c3c(C)noc3C)cnc2NC)c1. The van der Waals surface area contributed by atoms with Gasteiger partial charge in [0.25, 0.3) is 0 Å². The molecule has 0 radical (unpaired) electrons. The van der Waals surface area contributed by atoms with Gasteiger partial charge < -0.3 is 59.7 Å². The van der Waals surface area contributed by atoms with E-state index in [1.54, 1.807) is 53.6 Å². The minimum Gasteiger partial charge on any atom is -0.399 e. The van der Waals surface area contributed by atoms with Crippen LogP contribution in [0.2, 0.25) is 0 Å². The van der Waals surface area contributed by atoms with E-state index in [1.165, 1.54) is 18.3 Å². The Balaban J connectivity index is 0.000000188. The van der Waals surface area contributed by atoms with E-state index >= 15 is 0 Å². The number of hydrogen-bond donors (Lipinski definition) is 6. The standard InChI is InChI=1S/C19H19N5O.C11H18BNO3.C11H12N4O3.C11H14N4O.C8H6BrN.C6H6BrN3O2/c1-11-6-7-15(20-4)9-16(11)23-17-8-14(10-22-19(17)21-5)18-12(2)24-25-13(18)3;1-7-9(8(2)14-13-7)12-15-10(3,4)11(5,6)16-12;1-6-10(7(2)18-14-6)8-4-9(15(16)17)11(12-3)13-5-8;1-6-10(7(2)16-15-6)8-4-9(12)11(13-3)14-5-8;1-6-3-4-7(10-2)5-8(6)9;1-8-6-5(10(11)12)2-4(7)3-9-6/h6-10,23H,1-3,5H3,(H,21,22);1-6H3;4-5H,1-3H3,(H,12,13);4-5H,12H2,1-3H3,(H,13,14);3-5H,1H3;2-3H,1H3,(H,8,9). The molecular weight excluding hydrogens is 1380 g/mol. The van der Waals surface area contributed by atoms with Gasteiger partial charge in [0.05, 0.1) is 68.3 Å². The maximum absolute atomic E-state index is 11.0. The molecule has 1 saturated heterocycles. The number of aromatic nitrogens is 8. The third-order valence-corrected chi connectivity index (χ3v) is 16.6. The van der Waals surface area contributed by atoms with Gasteiger partial charge >= 0.3 is 18.5 Å². The fraction of sp³-hybridized carbons (Fsp3) is 0.303. The normalized spacial score (nSPS) is 12.2. The van der Waals surface area contributed by atoms with Crippen molar-refractivity contribution in [1.29, 1.82) is 0 Å². The Morgan fingerprint density at radius 1 is 0.505 bits per heavy atom. The van der Waals surface area contributed by atoms with Crippen molar-refractivity contribution in [2.45, 2.75) is 108 Å². The highest BCUT2D eigenvalue weighted by Gasteiger charge is 2.53. The van der Waals surface area contributed by atoms with Crippen LogP contribution in [0.25, 0.3) is 43.1 Å². The van der Waals surface area contributed by atoms with Gasteiger partial charge in [0.2, 0.25) is 11.6 Å². The number of nitrogens with two attached hydrogens (primary N) is 1. The molecule has 506 valence electrons. The molecule has 0 bridgehead atoms. The van der Waals surface area contributed by atoms with E-state index in [2.05, 4.69) is 109 Å². The van der Waals surface area contributed by atoms with Crippen LogP contribution in [0.1, 0.15) is 84.6 Å². The molecule has 0 saturated carbocycles. The summed E-state index contributed by atoms with van der Waals surface area (Å²) in [6, 6.07) is 17.9. The van der Waals surface area contributed by atoms with Gasteiger partial charge in [-0.2, -0.15) is 0 Å². The second kappa shape index (κ2) is 33.2. The number of hydrogen-bond acceptors (Lipinski definition) is 24. The molecule has 2 aromatic carbocycles. The van der Waals surface area contributed by atoms with E-state index in [4.69, 9.17) is 46.3 Å². The van der Waals surface area contributed by atoms with Gasteiger partial charge in [0.1, 0.15) is 34.7 Å². The van der Waals surface area contributed by atoms with Crippen molar-refractivity contribution in [2.75, 3.05) is 60.5 Å². The predicted molar refractivity (Wildman–Crippen MR) is 383 cm³/mol. The molecular formula is C66H75BBr2N18O10. The first kappa shape index (κ1) is 75.4. The summed E-state index contributed by atoms with van der Waals surface area (Å²) in [6.07, 6.45) is 6.62. The van der Waals surface area contributed by atoms with E-state index in [9.17, 15) is 20.2 Å². The van der Waals surface area contributed by atoms with Crippen LogP contribution in [0.3, 0.4) is 0 Å². The van der Waals surface area contributed by atoms with Gasteiger partial charge in [0, 0.05) is 119 Å². The lowest BCUT2D eigenvalue weighted by atomic mass is 9.77. The average molecular weight is 1450 g/mol. The molecule has 97 heavy (non-hydrogen) atoms. The molecule has 0 unspecified atom stereocenters. The van der Waals surface area contributed by atoms with E-state index in [-0.39, 0.29) is 41.3 Å². The van der Waals surface area contributed by atoms with E-state index in [0.29, 0.717) is 44.4 Å². The summed E-state index contributed by atoms with van der Waals surface area (Å²) in [5, 5.41) is 51.8. The quantitative estimate of drug-likeness (QED) is 0.0286. The van der Waals surface area contributed by atoms with Gasteiger partial charge in [-0.3, -0.25) is 20.2 Å². The van der Waals surface area contributed by atoms with Crippen LogP contribution in [0, 0.1) is 103 Å². The monoisotopic (exact) mass is 1450 g/mol. The summed E-state index contributed by atoms with van der Waals surface area (Å²) in [4.78, 5) is 43.8. The van der Waals surface area contributed by atoms with Crippen LogP contribution < -0.4 is 37.8 Å². The van der Waals surface area contributed by atoms with Crippen molar-refractivity contribution < 1.29 is 37.2 Å². The van der Waals surface area contributed by atoms with Gasteiger partial charge in [-0.05, 0) is 148 Å². The van der Waals surface area contributed by atoms with Crippen LogP contribution in [-0.4, -0.2) is 96.9 Å². The first-order valence-corrected chi connectivity index (χ1v) is 31.3. The lowest BCUT2D eigenvalue weighted by molar-refractivity contribution is -0.384. The van der Waals surface area contributed by atoms with Crippen molar-refractivity contribution >= 4 is 108 Å². The number of halogens is 2. The maximum Gasteiger partial charge on any atom is 0.500 e. The zero-order valence-electron chi connectivity index (χ0n) is 56.9. The van der Waals surface area contributed by atoms with Crippen molar-refractivity contribution in [2.24, 2.45) is 0 Å². The number of nitrogens with zero attached hydrogens (tertiary/aromatic N) is 12. The molecule has 10 aromatic rings. The van der Waals surface area contributed by atoms with Crippen molar-refractivity contribution in [3.63, 3.8) is 0 Å². The Labute approximate surface area is 578 Å². The molecule has 7 N–H and O–H groups in total. The summed E-state index contributed by atoms with van der Waals surface area (Å²) < 4.78 is 34.0. The highest BCUT2D eigenvalue weighted by atomic mass is 79.9. The second-order valence-electron chi connectivity index (χ2n) is 22.6. The van der Waals surface area contributed by atoms with Crippen molar-refractivity contribution in [3.8, 4) is 33.4 Å². The fourth-order valence-electron chi connectivity index (χ4n) is 9.49. The number of pyridine rings is 4. The average Bonchev–Trinajstić information content (AvgIpc) is 1.68. The number of aryl methyl sites for hydroxylation is 10. The second-order valence-corrected chi connectivity index (χ2v) is 24.4. The summed E-state index contributed by atoms with van der Waals surface area (Å²) in [7, 11) is 6.41. The minimum absolute atomic E-state index is 0.0353. The molecule has 31 heteroatoms. The van der Waals surface area contributed by atoms with Gasteiger partial charge in [-0.15, -0.1) is 0 Å². The highest BCUT2D eigenvalue weighted by Crippen LogP contribution is 2.39. The number of nitrogens with one attached hydrogen (secondary N) is 5. The summed E-state index contributed by atoms with van der Waals surface area (Å²) in [6.45, 7) is 40.9. The van der Waals surface area contributed by atoms with Gasteiger partial charge in [0.15, 0.2) is 11.4 Å². The van der Waals surface area contributed by atoms with E-state index in [1.807, 2.05) is 139 Å². The zero-order chi connectivity index (χ0) is 71.8. The van der Waals surface area contributed by atoms with Crippen LogP contribution in [0.4, 0.5) is 63.1 Å². The Kier molecular flexibility index (Phi) is 25.8. The fourth-order valence-corrected chi connectivity index (χ4v) is 10.2. The molecule has 9 heterocycles. The zero-order valence-corrected chi connectivity index (χ0v) is 60.1. The summed E-state index contributed by atoms with van der Waals surface area (Å²) >= 11 is 6.44. The van der Waals surface area contributed by atoms with Crippen LogP contribution >= 0.6 is 31.9 Å². The Morgan fingerprint density at radius 3 is 1.32 bits per heavy atom. The molecule has 0 atom stereocenters. The van der Waals surface area contributed by atoms with Crippen LogP contribution in [0.15, 0.2) is 112 Å². The number of nitrogen functional groups attached to an aromatic ring is 1. The van der Waals surface area contributed by atoms with E-state index < -0.39 is 9.85 Å². The van der Waals surface area contributed by atoms with Gasteiger partial charge in [-0.1, -0.05) is 60.8 Å². The molecule has 0 spiro atoms. The molecule has 28 nitrogen and oxygen atoms in total. The van der Waals surface area contributed by atoms with Crippen molar-refractivity contribution in [3.05, 3.63) is 194 Å². The van der Waals surface area contributed by atoms with Crippen LogP contribution in [0.5, 0.6) is 0 Å². The number of nitro groups is 2. The van der Waals surface area contributed by atoms with Crippen molar-refractivity contribution in [1.82, 2.24) is 40.6 Å². The molecule has 0 aliphatic carbocycles. The molecule has 11 rings (SSSR count). The van der Waals surface area contributed by atoms with Crippen LogP contribution in [-0.2, 0) is 9.31 Å². The predicted octanol–water partition coefficient (Wildman–Crippen LogP) is 16.0. The number of benzene rings is 2. The third kappa shape index (κ3) is 18.7. The Hall–Kier alpha value is -10.6. The maximum atomic E-state index is 11.0. The molecule has 0 amide bonds. The topological polar surface area (TPSA) is 355 Å². The summed E-state index contributed by atoms with van der Waals surface area (Å²) in [5.41, 5.74) is 20.1. The first-order chi connectivity index (χ1) is 45.8. The third-order valence-electron chi connectivity index (χ3n) is 15.3. The summed E-state index contributed by atoms with van der Waals surface area (Å²) in [5.74, 6) is 4.80. The number of rotatable bonds is 12. The highest BCUT2D eigenvalue weighted by molar-refractivity contribution is 9.10. The molecule has 1 aliphatic rings. The largest absolute Gasteiger partial charge is 0.500 e. The number of anilines is 7. The Morgan fingerprint density at radius 2 is 0.907 bits per heavy atom. The first-order valence-electron chi connectivity index (χ1n) is 29.7. The molecule has 1 fully saturated rings. The Bertz CT molecular complexity index is 4440. The molecule has 1 aliphatic heterocycles. The molecule has 8 aromatic heterocycles. The minimum atomic E-state index is -0.483. The lowest BCUT2D eigenvalue weighted by Gasteiger charge is -2.32. The van der Waals surface area contributed by atoms with Gasteiger partial charge in [-0.25, -0.2) is 29.6 Å². The smallest absolute Gasteiger partial charge is 0.399 e. The lowest BCUT2D eigenvalue weighted by Crippen LogP contribution is -2.41.